The van der Waals surface area contributed by atoms with E-state index >= 15 is 0 Å². The van der Waals surface area contributed by atoms with Gasteiger partial charge in [0.05, 0.1) is 5.69 Å². The average Bonchev–Trinajstić information content (AvgIpc) is 2.49. The highest BCUT2D eigenvalue weighted by Gasteiger charge is 2.14. The van der Waals surface area contributed by atoms with Crippen molar-refractivity contribution >= 4 is 5.82 Å². The number of ether oxygens (including phenoxy) is 1. The molecule has 2 aromatic rings. The molecule has 0 spiro atoms. The topological polar surface area (TPSA) is 79.9 Å². The van der Waals surface area contributed by atoms with E-state index < -0.39 is 0 Å². The summed E-state index contributed by atoms with van der Waals surface area (Å²) < 4.78 is 5.33. The van der Waals surface area contributed by atoms with Crippen molar-refractivity contribution in [1.29, 1.82) is 0 Å². The molecule has 0 saturated carbocycles. The lowest BCUT2D eigenvalue weighted by Gasteiger charge is -2.23. The molecule has 0 atom stereocenters. The fraction of sp³-hybridized carbons (Fsp3) is 0.357. The number of anilines is 1. The third kappa shape index (κ3) is 3.03. The highest BCUT2D eigenvalue weighted by Crippen LogP contribution is 2.18. The highest BCUT2D eigenvalue weighted by molar-refractivity contribution is 5.61. The zero-order valence-electron chi connectivity index (χ0n) is 11.0. The zero-order chi connectivity index (χ0) is 13.8. The molecular weight excluding hydrogens is 256 g/mol. The predicted octanol–water partition coefficient (Wildman–Crippen LogP) is 1.42. The summed E-state index contributed by atoms with van der Waals surface area (Å²) in [6, 6.07) is 5.60. The van der Waals surface area contributed by atoms with E-state index in [9.17, 15) is 4.79 Å². The van der Waals surface area contributed by atoms with Gasteiger partial charge < -0.3 is 15.0 Å². The van der Waals surface area contributed by atoms with E-state index in [1.165, 1.54) is 12.4 Å². The van der Waals surface area contributed by atoms with Crippen LogP contribution >= 0.6 is 0 Å². The molecule has 1 aliphatic heterocycles. The van der Waals surface area contributed by atoms with Crippen LogP contribution in [0.2, 0.25) is 0 Å². The summed E-state index contributed by atoms with van der Waals surface area (Å²) in [5.41, 5.74) is 1.38. The molecule has 0 unspecified atom stereocenters. The summed E-state index contributed by atoms with van der Waals surface area (Å²) in [5.74, 6) is 0.780. The van der Waals surface area contributed by atoms with Crippen LogP contribution in [-0.2, 0) is 4.74 Å². The Labute approximate surface area is 116 Å². The van der Waals surface area contributed by atoms with E-state index in [1.807, 2.05) is 12.1 Å². The molecule has 1 aliphatic rings. The number of aromatic nitrogens is 3. The van der Waals surface area contributed by atoms with Gasteiger partial charge in [-0.05, 0) is 18.9 Å². The van der Waals surface area contributed by atoms with Gasteiger partial charge in [0.15, 0.2) is 0 Å². The van der Waals surface area contributed by atoms with E-state index in [2.05, 4.69) is 20.3 Å². The molecule has 3 heterocycles. The lowest BCUT2D eigenvalue weighted by Crippen LogP contribution is -2.28. The Morgan fingerprint density at radius 3 is 2.90 bits per heavy atom. The first-order chi connectivity index (χ1) is 9.81. The molecule has 6 heteroatoms. The molecule has 3 rings (SSSR count). The van der Waals surface area contributed by atoms with Gasteiger partial charge in [0.1, 0.15) is 12.1 Å². The molecule has 1 fully saturated rings. The summed E-state index contributed by atoms with van der Waals surface area (Å²) in [7, 11) is 0. The summed E-state index contributed by atoms with van der Waals surface area (Å²) in [6.07, 6.45) is 5.08. The normalized spacial score (nSPS) is 16.0. The molecule has 0 bridgehead atoms. The third-order valence-electron chi connectivity index (χ3n) is 3.31. The molecule has 20 heavy (non-hydrogen) atoms. The van der Waals surface area contributed by atoms with Crippen molar-refractivity contribution in [3.8, 4) is 11.3 Å². The van der Waals surface area contributed by atoms with Gasteiger partial charge >= 0.3 is 0 Å². The average molecular weight is 272 g/mol. The van der Waals surface area contributed by atoms with Gasteiger partial charge in [0, 0.05) is 43.1 Å². The van der Waals surface area contributed by atoms with Crippen molar-refractivity contribution in [2.24, 2.45) is 0 Å². The summed E-state index contributed by atoms with van der Waals surface area (Å²) in [6.45, 7) is 1.56. The monoisotopic (exact) mass is 272 g/mol. The van der Waals surface area contributed by atoms with Gasteiger partial charge in [-0.1, -0.05) is 0 Å². The van der Waals surface area contributed by atoms with Gasteiger partial charge in [-0.2, -0.15) is 0 Å². The number of aromatic amines is 1. The second kappa shape index (κ2) is 5.83. The zero-order valence-corrected chi connectivity index (χ0v) is 11.0. The second-order valence-electron chi connectivity index (χ2n) is 4.76. The van der Waals surface area contributed by atoms with Crippen molar-refractivity contribution in [1.82, 2.24) is 15.0 Å². The number of hydrogen-bond acceptors (Lipinski definition) is 5. The first kappa shape index (κ1) is 12.8. The maximum atomic E-state index is 11.3. The molecule has 1 saturated heterocycles. The molecule has 0 aromatic carbocycles. The van der Waals surface area contributed by atoms with E-state index in [1.54, 1.807) is 6.20 Å². The van der Waals surface area contributed by atoms with E-state index in [0.717, 1.165) is 43.1 Å². The van der Waals surface area contributed by atoms with Crippen LogP contribution in [0.3, 0.4) is 0 Å². The fourth-order valence-electron chi connectivity index (χ4n) is 2.25. The minimum atomic E-state index is -0.139. The Bertz CT molecular complexity index is 635. The van der Waals surface area contributed by atoms with Gasteiger partial charge in [-0.3, -0.25) is 4.79 Å². The van der Waals surface area contributed by atoms with Crippen molar-refractivity contribution in [3.05, 3.63) is 41.1 Å². The minimum absolute atomic E-state index is 0.139. The summed E-state index contributed by atoms with van der Waals surface area (Å²) >= 11 is 0. The Morgan fingerprint density at radius 2 is 2.10 bits per heavy atom. The van der Waals surface area contributed by atoms with Crippen LogP contribution in [0.25, 0.3) is 11.3 Å². The number of nitrogens with one attached hydrogen (secondary N) is 2. The third-order valence-corrected chi connectivity index (χ3v) is 3.31. The molecule has 6 nitrogen and oxygen atoms in total. The van der Waals surface area contributed by atoms with Crippen molar-refractivity contribution in [3.63, 3.8) is 0 Å². The second-order valence-corrected chi connectivity index (χ2v) is 4.76. The lowest BCUT2D eigenvalue weighted by atomic mass is 10.1. The van der Waals surface area contributed by atoms with E-state index in [-0.39, 0.29) is 5.56 Å². The van der Waals surface area contributed by atoms with Crippen LogP contribution in [0.5, 0.6) is 0 Å². The van der Waals surface area contributed by atoms with Crippen molar-refractivity contribution < 1.29 is 4.74 Å². The minimum Gasteiger partial charge on any atom is -0.381 e. The molecule has 0 radical (unpaired) electrons. The number of rotatable bonds is 3. The number of pyridine rings is 1. The highest BCUT2D eigenvalue weighted by atomic mass is 16.5. The summed E-state index contributed by atoms with van der Waals surface area (Å²) in [4.78, 5) is 22.4. The van der Waals surface area contributed by atoms with Crippen LogP contribution in [0.1, 0.15) is 12.8 Å². The summed E-state index contributed by atoms with van der Waals surface area (Å²) in [5, 5.41) is 3.39. The van der Waals surface area contributed by atoms with Crippen LogP contribution in [0.15, 0.2) is 35.5 Å². The van der Waals surface area contributed by atoms with E-state index in [4.69, 9.17) is 4.74 Å². The van der Waals surface area contributed by atoms with Gasteiger partial charge in [0.2, 0.25) is 5.56 Å². The Balaban J connectivity index is 1.80. The molecule has 104 valence electrons. The smallest absolute Gasteiger partial charge is 0.248 e. The largest absolute Gasteiger partial charge is 0.381 e. The van der Waals surface area contributed by atoms with Crippen LogP contribution in [0.4, 0.5) is 5.82 Å². The Hall–Kier alpha value is -2.21. The fourth-order valence-corrected chi connectivity index (χ4v) is 2.25. The Morgan fingerprint density at radius 1 is 1.25 bits per heavy atom. The van der Waals surface area contributed by atoms with Gasteiger partial charge in [-0.15, -0.1) is 0 Å². The lowest BCUT2D eigenvalue weighted by molar-refractivity contribution is 0.0904. The Kier molecular flexibility index (Phi) is 3.73. The maximum Gasteiger partial charge on any atom is 0.248 e. The molecule has 2 N–H and O–H groups in total. The number of H-pyrrole nitrogens is 1. The molecule has 0 amide bonds. The van der Waals surface area contributed by atoms with E-state index in [0.29, 0.717) is 6.04 Å². The number of hydrogen-bond donors (Lipinski definition) is 2. The maximum absolute atomic E-state index is 11.3. The molecular formula is C14H16N4O2. The molecule has 0 aliphatic carbocycles. The SMILES string of the molecule is O=c1cc(-c2cc(NC3CCOCC3)ncn2)cc[nH]1. The van der Waals surface area contributed by atoms with Crippen LogP contribution < -0.4 is 10.9 Å². The first-order valence-corrected chi connectivity index (χ1v) is 6.67. The first-order valence-electron chi connectivity index (χ1n) is 6.67. The van der Waals surface area contributed by atoms with Gasteiger partial charge in [-0.25, -0.2) is 9.97 Å². The quantitative estimate of drug-likeness (QED) is 0.883. The molecule has 2 aromatic heterocycles. The van der Waals surface area contributed by atoms with Crippen LogP contribution in [-0.4, -0.2) is 34.2 Å². The van der Waals surface area contributed by atoms with Gasteiger partial charge in [0.25, 0.3) is 0 Å². The predicted molar refractivity (Wildman–Crippen MR) is 75.6 cm³/mol. The van der Waals surface area contributed by atoms with Crippen molar-refractivity contribution in [2.75, 3.05) is 18.5 Å². The standard InChI is InChI=1S/C14H16N4O2/c19-14-7-10(1-4-15-14)12-8-13(17-9-16-12)18-11-2-5-20-6-3-11/h1,4,7-9,11H,2-3,5-6H2,(H,15,19)(H,16,17,18). The van der Waals surface area contributed by atoms with Crippen LogP contribution in [0, 0.1) is 0 Å². The van der Waals surface area contributed by atoms with Crippen molar-refractivity contribution in [2.45, 2.75) is 18.9 Å². The number of nitrogens with zero attached hydrogens (tertiary/aromatic N) is 2.